The van der Waals surface area contributed by atoms with E-state index in [1.807, 2.05) is 5.32 Å². The third kappa shape index (κ3) is 11.4. The van der Waals surface area contributed by atoms with Crippen molar-refractivity contribution >= 4 is 64.3 Å². The summed E-state index contributed by atoms with van der Waals surface area (Å²) in [6.45, 7) is 0.770. The van der Waals surface area contributed by atoms with Crippen LogP contribution >= 0.6 is 0 Å². The Bertz CT molecular complexity index is 1870. The van der Waals surface area contributed by atoms with Crippen molar-refractivity contribution in [3.05, 3.63) is 52.1 Å². The molecule has 0 unspecified atom stereocenters. The number of aromatic nitrogens is 4. The molecule has 0 saturated heterocycles. The average Bonchev–Trinajstić information content (AvgIpc) is 3.07. The zero-order valence-electron chi connectivity index (χ0n) is 26.8. The molecule has 272 valence electrons. The summed E-state index contributed by atoms with van der Waals surface area (Å²) in [5.74, 6) is -8.22. The highest BCUT2D eigenvalue weighted by Gasteiger charge is 2.30. The van der Waals surface area contributed by atoms with Crippen LogP contribution in [0.2, 0.25) is 0 Å². The van der Waals surface area contributed by atoms with E-state index < -0.39 is 97.1 Å². The van der Waals surface area contributed by atoms with Gasteiger partial charge in [-0.05, 0) is 37.6 Å². The van der Waals surface area contributed by atoms with Gasteiger partial charge in [0.1, 0.15) is 24.2 Å². The van der Waals surface area contributed by atoms with E-state index in [0.29, 0.717) is 11.4 Å². The van der Waals surface area contributed by atoms with Crippen LogP contribution in [-0.4, -0.2) is 108 Å². The van der Waals surface area contributed by atoms with Crippen molar-refractivity contribution in [1.82, 2.24) is 41.2 Å². The van der Waals surface area contributed by atoms with Crippen molar-refractivity contribution in [1.29, 1.82) is 0 Å². The summed E-state index contributed by atoms with van der Waals surface area (Å²) in [6.07, 6.45) is -0.398. The van der Waals surface area contributed by atoms with Crippen LogP contribution in [0.4, 0.5) is 11.6 Å². The van der Waals surface area contributed by atoms with E-state index in [0.717, 1.165) is 6.92 Å². The molecule has 0 aliphatic heterocycles. The Balaban J connectivity index is 1.53. The third-order valence-corrected chi connectivity index (χ3v) is 7.00. The maximum Gasteiger partial charge on any atom is 0.326 e. The zero-order chi connectivity index (χ0) is 37.8. The lowest BCUT2D eigenvalue weighted by atomic mass is 10.1. The second-order valence-electron chi connectivity index (χ2n) is 10.9. The maximum absolute atomic E-state index is 12.8. The Hall–Kier alpha value is -6.71. The highest BCUT2D eigenvalue weighted by Crippen LogP contribution is 2.12. The summed E-state index contributed by atoms with van der Waals surface area (Å²) < 4.78 is 0. The van der Waals surface area contributed by atoms with E-state index in [-0.39, 0.29) is 29.2 Å². The van der Waals surface area contributed by atoms with Gasteiger partial charge in [-0.25, -0.2) is 14.8 Å². The fourth-order valence-corrected chi connectivity index (χ4v) is 4.29. The third-order valence-electron chi connectivity index (χ3n) is 7.00. The number of carboxylic acid groups (broad SMARTS) is 3. The smallest absolute Gasteiger partial charge is 0.326 e. The Morgan fingerprint density at radius 3 is 2.14 bits per heavy atom. The van der Waals surface area contributed by atoms with Crippen LogP contribution in [0.5, 0.6) is 0 Å². The maximum atomic E-state index is 12.8. The molecule has 13 N–H and O–H groups in total. The second-order valence-corrected chi connectivity index (χ2v) is 10.9. The Labute approximate surface area is 286 Å². The predicted molar refractivity (Wildman–Crippen MR) is 175 cm³/mol. The number of carboxylic acids is 3. The van der Waals surface area contributed by atoms with Gasteiger partial charge in [0, 0.05) is 24.2 Å². The second kappa shape index (κ2) is 17.6. The molecule has 51 heavy (non-hydrogen) atoms. The minimum atomic E-state index is -1.70. The lowest BCUT2D eigenvalue weighted by Crippen LogP contribution is -2.57. The molecule has 3 aromatic rings. The molecule has 4 amide bonds. The number of H-pyrrole nitrogens is 1. The first kappa shape index (κ1) is 38.7. The van der Waals surface area contributed by atoms with E-state index in [1.54, 1.807) is 0 Å². The summed E-state index contributed by atoms with van der Waals surface area (Å²) in [7, 11) is 0. The number of fused-ring (bicyclic) bond motifs is 1. The van der Waals surface area contributed by atoms with Crippen LogP contribution in [0.1, 0.15) is 42.2 Å². The fraction of sp³-hybridized carbons (Fsp3) is 0.345. The van der Waals surface area contributed by atoms with Gasteiger partial charge in [-0.2, -0.15) is 4.98 Å². The van der Waals surface area contributed by atoms with Crippen molar-refractivity contribution in [3.8, 4) is 0 Å². The summed E-state index contributed by atoms with van der Waals surface area (Å²) in [6, 6.07) is -0.194. The largest absolute Gasteiger partial charge is 0.481 e. The number of hydrogen-bond donors (Lipinski definition) is 11. The fourth-order valence-electron chi connectivity index (χ4n) is 4.29. The molecule has 0 fully saturated rings. The lowest BCUT2D eigenvalue weighted by molar-refractivity contribution is -0.143. The lowest BCUT2D eigenvalue weighted by Gasteiger charge is -2.22. The number of amides is 4. The number of nitrogens with one attached hydrogen (secondary N) is 6. The molecule has 0 aliphatic carbocycles. The van der Waals surface area contributed by atoms with Crippen LogP contribution in [0.15, 0.2) is 35.3 Å². The highest BCUT2D eigenvalue weighted by molar-refractivity contribution is 5.97. The number of aromatic amines is 1. The number of nitrogen functional groups attached to an aromatic ring is 1. The number of carbonyl (C=O) groups excluding carboxylic acids is 4. The van der Waals surface area contributed by atoms with Gasteiger partial charge in [0.25, 0.3) is 11.5 Å². The molecule has 0 spiro atoms. The van der Waals surface area contributed by atoms with Crippen LogP contribution in [0, 0.1) is 0 Å². The van der Waals surface area contributed by atoms with Crippen molar-refractivity contribution in [2.45, 2.75) is 56.9 Å². The quantitative estimate of drug-likeness (QED) is 0.0620. The first-order valence-electron chi connectivity index (χ1n) is 15.0. The molecule has 0 saturated carbocycles. The summed E-state index contributed by atoms with van der Waals surface area (Å²) >= 11 is 0. The molecule has 0 bridgehead atoms. The molecular formula is C29H35N11O11. The SMILES string of the molecule is C[C@H](NC(=O)[C@H](CC(=O)O)NC(=O)[C@H](CN)NC(=O)CC[C@H](NC(=O)c1ccc(NCc2cnc3nc(N)[nH]c(=O)c3n2)cc1)C(=O)O)C(=O)O. The summed E-state index contributed by atoms with van der Waals surface area (Å²) in [5, 5.41) is 39.5. The monoisotopic (exact) mass is 713 g/mol. The predicted octanol–water partition coefficient (Wildman–Crippen LogP) is -3.14. The van der Waals surface area contributed by atoms with Crippen LogP contribution in [-0.2, 0) is 35.3 Å². The Kier molecular flexibility index (Phi) is 13.4. The molecule has 22 nitrogen and oxygen atoms in total. The number of carbonyl (C=O) groups is 7. The van der Waals surface area contributed by atoms with Gasteiger partial charge in [0.2, 0.25) is 23.7 Å². The number of nitrogens with two attached hydrogens (primary N) is 2. The summed E-state index contributed by atoms with van der Waals surface area (Å²) in [5.41, 5.74) is 11.7. The molecule has 0 aliphatic rings. The number of rotatable bonds is 18. The normalized spacial score (nSPS) is 13.1. The van der Waals surface area contributed by atoms with Gasteiger partial charge in [-0.15, -0.1) is 0 Å². The van der Waals surface area contributed by atoms with Gasteiger partial charge < -0.3 is 53.4 Å². The number of benzene rings is 1. The molecule has 4 atom stereocenters. The first-order chi connectivity index (χ1) is 24.1. The number of nitrogens with zero attached hydrogens (tertiary/aromatic N) is 3. The average molecular weight is 714 g/mol. The van der Waals surface area contributed by atoms with E-state index >= 15 is 0 Å². The molecule has 3 rings (SSSR count). The van der Waals surface area contributed by atoms with Gasteiger partial charge in [-0.1, -0.05) is 0 Å². The molecule has 0 radical (unpaired) electrons. The van der Waals surface area contributed by atoms with Crippen LogP contribution < -0.4 is 43.6 Å². The topological polar surface area (TPSA) is 364 Å². The zero-order valence-corrected chi connectivity index (χ0v) is 26.8. The minimum Gasteiger partial charge on any atom is -0.481 e. The molecule has 2 heterocycles. The number of anilines is 2. The molecular weight excluding hydrogens is 678 g/mol. The Morgan fingerprint density at radius 2 is 1.53 bits per heavy atom. The minimum absolute atomic E-state index is 0.00343. The van der Waals surface area contributed by atoms with E-state index in [4.69, 9.17) is 21.7 Å². The molecule has 2 aromatic heterocycles. The van der Waals surface area contributed by atoms with Crippen LogP contribution in [0.3, 0.4) is 0 Å². The van der Waals surface area contributed by atoms with E-state index in [9.17, 15) is 43.5 Å². The Morgan fingerprint density at radius 1 is 0.863 bits per heavy atom. The van der Waals surface area contributed by atoms with E-state index in [2.05, 4.69) is 41.2 Å². The molecule has 1 aromatic carbocycles. The van der Waals surface area contributed by atoms with Crippen LogP contribution in [0.25, 0.3) is 11.2 Å². The van der Waals surface area contributed by atoms with Crippen molar-refractivity contribution in [2.24, 2.45) is 5.73 Å². The van der Waals surface area contributed by atoms with Gasteiger partial charge in [0.15, 0.2) is 11.2 Å². The van der Waals surface area contributed by atoms with Crippen molar-refractivity contribution in [3.63, 3.8) is 0 Å². The van der Waals surface area contributed by atoms with Crippen molar-refractivity contribution < 1.29 is 48.9 Å². The highest BCUT2D eigenvalue weighted by atomic mass is 16.4. The molecule has 22 heteroatoms. The van der Waals surface area contributed by atoms with E-state index in [1.165, 1.54) is 30.5 Å². The number of aliphatic carboxylic acids is 3. The van der Waals surface area contributed by atoms with Gasteiger partial charge in [-0.3, -0.25) is 38.5 Å². The summed E-state index contributed by atoms with van der Waals surface area (Å²) in [4.78, 5) is 111. The van der Waals surface area contributed by atoms with Gasteiger partial charge >= 0.3 is 17.9 Å². The van der Waals surface area contributed by atoms with Gasteiger partial charge in [0.05, 0.1) is 24.9 Å². The first-order valence-corrected chi connectivity index (χ1v) is 15.0. The number of hydrogen-bond acceptors (Lipinski definition) is 14. The van der Waals surface area contributed by atoms with Crippen molar-refractivity contribution in [2.75, 3.05) is 17.6 Å². The standard InChI is InChI=1S/C29H35N11O11/c1-12(27(48)49)34-24(45)17(8-20(42)43)38-25(46)18(9-30)36-19(41)7-6-16(28(50)51)37-23(44)13-2-4-14(5-3-13)32-10-15-11-33-22-21(35-15)26(47)40-29(31)39-22/h2-5,11-12,16-18,32H,6-10,30H2,1H3,(H,34,45)(H,36,41)(H,37,44)(H,38,46)(H,42,43)(H,48,49)(H,50,51)(H3,31,33,39,40,47)/t12-,16-,17-,18-/m0/s1.